The van der Waals surface area contributed by atoms with Crippen LogP contribution in [0.1, 0.15) is 22.7 Å². The Morgan fingerprint density at radius 1 is 1.04 bits per heavy atom. The van der Waals surface area contributed by atoms with Gasteiger partial charge in [0.1, 0.15) is 0 Å². The first kappa shape index (κ1) is 20.3. The first-order valence-corrected chi connectivity index (χ1v) is 8.38. The average Bonchev–Trinajstić information content (AvgIpc) is 2.51. The van der Waals surface area contributed by atoms with E-state index in [-0.39, 0.29) is 32.2 Å². The number of rotatable bonds is 4. The largest absolute Gasteiger partial charge is 0.399 e. The molecule has 0 aliphatic carbocycles. The highest BCUT2D eigenvalue weighted by Gasteiger charge is 2.39. The Hall–Kier alpha value is -0.980. The van der Waals surface area contributed by atoms with Crippen molar-refractivity contribution in [2.75, 3.05) is 0 Å². The second kappa shape index (κ2) is 8.14. The van der Waals surface area contributed by atoms with E-state index >= 15 is 0 Å². The molecule has 1 atom stereocenters. The quantitative estimate of drug-likeness (QED) is 0.562. The average molecular weight is 430 g/mol. The monoisotopic (exact) mass is 428 g/mol. The number of hydrogen-bond donors (Lipinski definition) is 1. The Bertz CT molecular complexity index is 783. The van der Waals surface area contributed by atoms with Crippen molar-refractivity contribution in [3.8, 4) is 0 Å². The molecule has 2 aromatic rings. The van der Waals surface area contributed by atoms with Gasteiger partial charge in [-0.1, -0.05) is 58.6 Å². The van der Waals surface area contributed by atoms with E-state index in [1.165, 1.54) is 18.3 Å². The molecule has 2 nitrogen and oxygen atoms in total. The number of halogens is 7. The van der Waals surface area contributed by atoms with Gasteiger partial charge in [-0.2, -0.15) is 13.2 Å². The van der Waals surface area contributed by atoms with Crippen molar-refractivity contribution in [2.24, 2.45) is 5.73 Å². The van der Waals surface area contributed by atoms with Gasteiger partial charge in [0, 0.05) is 12.7 Å². The number of benzene rings is 1. The summed E-state index contributed by atoms with van der Waals surface area (Å²) in [4.78, 5) is 4.00. The van der Waals surface area contributed by atoms with E-state index in [1.54, 1.807) is 0 Å². The molecule has 1 aromatic carbocycles. The third-order valence-electron chi connectivity index (χ3n) is 3.33. The maximum Gasteiger partial charge on any atom is 0.399 e. The molecule has 0 radical (unpaired) electrons. The van der Waals surface area contributed by atoms with Gasteiger partial charge >= 0.3 is 6.18 Å². The van der Waals surface area contributed by atoms with Gasteiger partial charge in [-0.15, -0.1) is 0 Å². The molecule has 1 unspecified atom stereocenters. The maximum atomic E-state index is 13.4. The van der Waals surface area contributed by atoms with Gasteiger partial charge < -0.3 is 5.73 Å². The Morgan fingerprint density at radius 3 is 2.12 bits per heavy atom. The first-order valence-electron chi connectivity index (χ1n) is 6.87. The number of allylic oxidation sites excluding steroid dienone is 1. The highest BCUT2D eigenvalue weighted by Crippen LogP contribution is 2.41. The highest BCUT2D eigenvalue weighted by atomic mass is 35.5. The Morgan fingerprint density at radius 2 is 1.64 bits per heavy atom. The number of nitrogens with zero attached hydrogens (tertiary/aromatic N) is 1. The lowest BCUT2D eigenvalue weighted by Gasteiger charge is -2.18. The molecule has 1 heterocycles. The summed E-state index contributed by atoms with van der Waals surface area (Å²) in [5.74, 6) is -1.92. The van der Waals surface area contributed by atoms with Crippen LogP contribution in [0.3, 0.4) is 0 Å². The highest BCUT2D eigenvalue weighted by molar-refractivity contribution is 6.48. The maximum absolute atomic E-state index is 13.4. The lowest BCUT2D eigenvalue weighted by molar-refractivity contribution is -0.139. The summed E-state index contributed by atoms with van der Waals surface area (Å²) < 4.78 is 40.3. The van der Waals surface area contributed by atoms with Crippen LogP contribution in [0.5, 0.6) is 0 Å². The number of aromatic nitrogens is 1. The fraction of sp³-hybridized carbons (Fsp3) is 0.188. The molecule has 1 aromatic heterocycles. The Labute approximate surface area is 162 Å². The van der Waals surface area contributed by atoms with E-state index in [1.807, 2.05) is 0 Å². The molecule has 2 N–H and O–H groups in total. The zero-order valence-electron chi connectivity index (χ0n) is 12.4. The van der Waals surface area contributed by atoms with Gasteiger partial charge in [0.25, 0.3) is 0 Å². The third-order valence-corrected chi connectivity index (χ3v) is 4.86. The molecule has 0 aliphatic rings. The smallest absolute Gasteiger partial charge is 0.325 e. The van der Waals surface area contributed by atoms with Crippen molar-refractivity contribution in [3.63, 3.8) is 0 Å². The fourth-order valence-electron chi connectivity index (χ4n) is 2.09. The molecule has 0 bridgehead atoms. The second-order valence-corrected chi connectivity index (χ2v) is 6.68. The van der Waals surface area contributed by atoms with Crippen LogP contribution in [-0.2, 0) is 6.54 Å². The Balaban J connectivity index is 2.41. The summed E-state index contributed by atoms with van der Waals surface area (Å²) in [6.07, 6.45) is -0.912. The molecule has 2 rings (SSSR count). The van der Waals surface area contributed by atoms with Crippen molar-refractivity contribution in [1.29, 1.82) is 0 Å². The predicted octanol–water partition coefficient (Wildman–Crippen LogP) is 6.51. The van der Waals surface area contributed by atoms with Crippen LogP contribution in [0.4, 0.5) is 13.2 Å². The van der Waals surface area contributed by atoms with Crippen molar-refractivity contribution < 1.29 is 13.2 Å². The third kappa shape index (κ3) is 5.02. The van der Waals surface area contributed by atoms with E-state index in [2.05, 4.69) is 4.98 Å². The van der Waals surface area contributed by atoms with E-state index < -0.39 is 12.1 Å². The standard InChI is InChI=1S/C16H11Cl4F3N2/c17-11-3-8(7-25-14(11)6-24)1-2-10(16(21,22)23)9-4-12(18)15(20)13(19)5-9/h1-5,7,10H,6,24H2. The molecular formula is C16H11Cl4F3N2. The summed E-state index contributed by atoms with van der Waals surface area (Å²) >= 11 is 23.4. The van der Waals surface area contributed by atoms with Crippen LogP contribution < -0.4 is 5.73 Å². The Kier molecular flexibility index (Phi) is 6.62. The van der Waals surface area contributed by atoms with E-state index in [9.17, 15) is 13.2 Å². The molecule has 25 heavy (non-hydrogen) atoms. The first-order chi connectivity index (χ1) is 11.6. The number of pyridine rings is 1. The molecule has 0 fully saturated rings. The van der Waals surface area contributed by atoms with Crippen molar-refractivity contribution in [1.82, 2.24) is 4.98 Å². The van der Waals surface area contributed by atoms with Crippen LogP contribution in [-0.4, -0.2) is 11.2 Å². The minimum absolute atomic E-state index is 0.00495. The minimum Gasteiger partial charge on any atom is -0.325 e. The number of hydrogen-bond acceptors (Lipinski definition) is 2. The molecule has 0 saturated heterocycles. The normalized spacial score (nSPS) is 13.4. The molecule has 9 heteroatoms. The van der Waals surface area contributed by atoms with Gasteiger partial charge in [0.2, 0.25) is 0 Å². The second-order valence-electron chi connectivity index (χ2n) is 5.08. The van der Waals surface area contributed by atoms with Crippen molar-refractivity contribution >= 4 is 52.5 Å². The lowest BCUT2D eigenvalue weighted by Crippen LogP contribution is -2.19. The van der Waals surface area contributed by atoms with Crippen LogP contribution >= 0.6 is 46.4 Å². The molecule has 0 amide bonds. The molecule has 0 saturated carbocycles. The lowest BCUT2D eigenvalue weighted by atomic mass is 9.97. The molecule has 0 spiro atoms. The van der Waals surface area contributed by atoms with Gasteiger partial charge in [0.15, 0.2) is 0 Å². The summed E-state index contributed by atoms with van der Waals surface area (Å²) in [5.41, 5.74) is 6.19. The van der Waals surface area contributed by atoms with Crippen molar-refractivity contribution in [3.05, 3.63) is 67.4 Å². The van der Waals surface area contributed by atoms with E-state index in [0.717, 1.165) is 18.2 Å². The summed E-state index contributed by atoms with van der Waals surface area (Å²) in [7, 11) is 0. The summed E-state index contributed by atoms with van der Waals surface area (Å²) in [5, 5.41) is 0.184. The topological polar surface area (TPSA) is 38.9 Å². The zero-order valence-corrected chi connectivity index (χ0v) is 15.4. The van der Waals surface area contributed by atoms with Gasteiger partial charge in [0.05, 0.1) is 31.7 Å². The van der Waals surface area contributed by atoms with Crippen LogP contribution in [0.15, 0.2) is 30.5 Å². The molecule has 0 aliphatic heterocycles. The van der Waals surface area contributed by atoms with Crippen LogP contribution in [0.25, 0.3) is 6.08 Å². The van der Waals surface area contributed by atoms with Crippen LogP contribution in [0, 0.1) is 0 Å². The van der Waals surface area contributed by atoms with Gasteiger partial charge in [-0.05, 0) is 29.3 Å². The molecule has 134 valence electrons. The molecular weight excluding hydrogens is 419 g/mol. The van der Waals surface area contributed by atoms with Crippen molar-refractivity contribution in [2.45, 2.75) is 18.6 Å². The van der Waals surface area contributed by atoms with Gasteiger partial charge in [-0.3, -0.25) is 4.98 Å². The van der Waals surface area contributed by atoms with Gasteiger partial charge in [-0.25, -0.2) is 0 Å². The van der Waals surface area contributed by atoms with E-state index in [0.29, 0.717) is 11.3 Å². The number of alkyl halides is 3. The summed E-state index contributed by atoms with van der Waals surface area (Å²) in [6.45, 7) is 0.135. The van der Waals surface area contributed by atoms with Crippen LogP contribution in [0.2, 0.25) is 20.1 Å². The summed E-state index contributed by atoms with van der Waals surface area (Å²) in [6, 6.07) is 3.77. The SMILES string of the molecule is NCc1ncc(C=CC(c2cc(Cl)c(Cl)c(Cl)c2)C(F)(F)F)cc1Cl. The minimum atomic E-state index is -4.55. The number of nitrogens with two attached hydrogens (primary N) is 1. The zero-order chi connectivity index (χ0) is 18.8. The predicted molar refractivity (Wildman–Crippen MR) is 96.4 cm³/mol. The van der Waals surface area contributed by atoms with E-state index in [4.69, 9.17) is 52.1 Å². The fourth-order valence-corrected chi connectivity index (χ4v) is 2.96.